The van der Waals surface area contributed by atoms with E-state index in [0.29, 0.717) is 19.1 Å². The number of hydrogen-bond donors (Lipinski definition) is 2. The number of halogens is 6. The lowest BCUT2D eigenvalue weighted by Gasteiger charge is -2.37. The van der Waals surface area contributed by atoms with Crippen molar-refractivity contribution in [3.05, 3.63) is 12.2 Å². The Hall–Kier alpha value is -2.99. The number of ether oxygens (including phenoxy) is 1. The molecule has 3 aliphatic heterocycles. The maximum Gasteiger partial charge on any atom is 0.490 e. The highest BCUT2D eigenvalue weighted by molar-refractivity contribution is 5.90. The van der Waals surface area contributed by atoms with Crippen molar-refractivity contribution in [2.45, 2.75) is 37.3 Å². The molecule has 0 saturated carbocycles. The molecule has 3 fully saturated rings. The van der Waals surface area contributed by atoms with Crippen molar-refractivity contribution in [1.82, 2.24) is 29.5 Å². The van der Waals surface area contributed by atoms with Crippen LogP contribution in [0.25, 0.3) is 0 Å². The molecule has 0 aromatic carbocycles. The highest BCUT2D eigenvalue weighted by Crippen LogP contribution is 2.24. The third-order valence-corrected chi connectivity index (χ3v) is 5.88. The standard InChI is InChI=1S/C16H26N6O2.2C2HF3O2/c1-19-12-17-15(18-19)16(23)22-10-13-14(11-22)24-9-8-21(13)7-6-20-4-2-3-5-20;2*3-2(4,5)1(6)7/h12-14H,2-11H2,1H3;2*(H,6,7)/t13-,14+;;/m1../s1. The number of aromatic nitrogens is 3. The molecule has 12 nitrogen and oxygen atoms in total. The smallest absolute Gasteiger partial charge is 0.475 e. The summed E-state index contributed by atoms with van der Waals surface area (Å²) < 4.78 is 71.0. The van der Waals surface area contributed by atoms with E-state index in [1.54, 1.807) is 18.1 Å². The van der Waals surface area contributed by atoms with Gasteiger partial charge >= 0.3 is 24.3 Å². The summed E-state index contributed by atoms with van der Waals surface area (Å²) in [6.45, 7) is 7.71. The van der Waals surface area contributed by atoms with Crippen molar-refractivity contribution in [3.63, 3.8) is 0 Å². The average Bonchev–Trinajstić information content (AvgIpc) is 3.57. The number of carboxylic acid groups (broad SMARTS) is 2. The van der Waals surface area contributed by atoms with Crippen LogP contribution >= 0.6 is 0 Å². The molecule has 0 bridgehead atoms. The zero-order valence-electron chi connectivity index (χ0n) is 20.3. The molecule has 38 heavy (non-hydrogen) atoms. The van der Waals surface area contributed by atoms with Gasteiger partial charge in [0.1, 0.15) is 6.33 Å². The first-order valence-electron chi connectivity index (χ1n) is 11.4. The minimum absolute atomic E-state index is 0.0897. The topological polar surface area (TPSA) is 141 Å². The summed E-state index contributed by atoms with van der Waals surface area (Å²) in [6, 6.07) is 0.300. The predicted molar refractivity (Wildman–Crippen MR) is 115 cm³/mol. The van der Waals surface area contributed by atoms with E-state index in [1.807, 2.05) is 4.90 Å². The molecule has 0 spiro atoms. The molecule has 0 unspecified atom stereocenters. The number of carbonyl (C=O) groups excluding carboxylic acids is 1. The Morgan fingerprint density at radius 1 is 0.974 bits per heavy atom. The number of aliphatic carboxylic acids is 2. The summed E-state index contributed by atoms with van der Waals surface area (Å²) in [6.07, 6.45) is -5.83. The van der Waals surface area contributed by atoms with Crippen LogP contribution in [-0.4, -0.2) is 134 Å². The minimum atomic E-state index is -5.08. The van der Waals surface area contributed by atoms with Gasteiger partial charge in [0.15, 0.2) is 0 Å². The van der Waals surface area contributed by atoms with Gasteiger partial charge in [-0.3, -0.25) is 14.4 Å². The fraction of sp³-hybridized carbons (Fsp3) is 0.750. The third-order valence-electron chi connectivity index (χ3n) is 5.88. The zero-order valence-corrected chi connectivity index (χ0v) is 20.3. The third kappa shape index (κ3) is 9.39. The fourth-order valence-electron chi connectivity index (χ4n) is 4.06. The number of aryl methyl sites for hydroxylation is 1. The molecular formula is C20H28F6N6O6. The van der Waals surface area contributed by atoms with Crippen molar-refractivity contribution in [3.8, 4) is 0 Å². The maximum atomic E-state index is 12.6. The van der Waals surface area contributed by atoms with Crippen LogP contribution in [0, 0.1) is 0 Å². The number of alkyl halides is 6. The van der Waals surface area contributed by atoms with E-state index in [1.165, 1.54) is 25.9 Å². The molecule has 2 N–H and O–H groups in total. The minimum Gasteiger partial charge on any atom is -0.475 e. The van der Waals surface area contributed by atoms with E-state index in [2.05, 4.69) is 19.9 Å². The Balaban J connectivity index is 0.000000301. The summed E-state index contributed by atoms with van der Waals surface area (Å²) in [4.78, 5) is 41.4. The quantitative estimate of drug-likeness (QED) is 0.504. The van der Waals surface area contributed by atoms with Gasteiger partial charge in [-0.2, -0.15) is 26.3 Å². The number of nitrogens with zero attached hydrogens (tertiary/aromatic N) is 6. The van der Waals surface area contributed by atoms with E-state index < -0.39 is 24.3 Å². The van der Waals surface area contributed by atoms with Crippen LogP contribution in [0.4, 0.5) is 26.3 Å². The van der Waals surface area contributed by atoms with Crippen molar-refractivity contribution in [2.24, 2.45) is 7.05 Å². The monoisotopic (exact) mass is 562 g/mol. The molecular weight excluding hydrogens is 534 g/mol. The molecule has 1 amide bonds. The molecule has 2 atom stereocenters. The van der Waals surface area contributed by atoms with E-state index >= 15 is 0 Å². The number of amides is 1. The van der Waals surface area contributed by atoms with Crippen molar-refractivity contribution in [2.75, 3.05) is 52.4 Å². The Bertz CT molecular complexity index is 928. The van der Waals surface area contributed by atoms with Crippen LogP contribution in [0.1, 0.15) is 23.5 Å². The summed E-state index contributed by atoms with van der Waals surface area (Å²) in [7, 11) is 1.77. The highest BCUT2D eigenvalue weighted by atomic mass is 19.4. The van der Waals surface area contributed by atoms with E-state index in [0.717, 1.165) is 26.2 Å². The first-order chi connectivity index (χ1) is 17.6. The second-order valence-electron chi connectivity index (χ2n) is 8.62. The molecule has 0 aliphatic carbocycles. The normalized spacial score (nSPS) is 22.1. The summed E-state index contributed by atoms with van der Waals surface area (Å²) >= 11 is 0. The molecule has 216 valence electrons. The molecule has 3 saturated heterocycles. The fourth-order valence-corrected chi connectivity index (χ4v) is 4.06. The predicted octanol–water partition coefficient (Wildman–Crippen LogP) is 0.703. The van der Waals surface area contributed by atoms with Gasteiger partial charge in [-0.05, 0) is 25.9 Å². The second kappa shape index (κ2) is 13.2. The van der Waals surface area contributed by atoms with Gasteiger partial charge in [0.2, 0.25) is 5.82 Å². The number of hydrogen-bond acceptors (Lipinski definition) is 8. The molecule has 18 heteroatoms. The van der Waals surface area contributed by atoms with Gasteiger partial charge in [-0.15, -0.1) is 5.10 Å². The van der Waals surface area contributed by atoms with E-state index in [4.69, 9.17) is 24.5 Å². The van der Waals surface area contributed by atoms with Gasteiger partial charge in [-0.1, -0.05) is 0 Å². The highest BCUT2D eigenvalue weighted by Gasteiger charge is 2.42. The van der Waals surface area contributed by atoms with Crippen LogP contribution in [0.15, 0.2) is 6.33 Å². The van der Waals surface area contributed by atoms with Crippen molar-refractivity contribution in [1.29, 1.82) is 0 Å². The van der Waals surface area contributed by atoms with Gasteiger partial charge in [0.05, 0.1) is 18.8 Å². The lowest BCUT2D eigenvalue weighted by molar-refractivity contribution is -0.193. The molecule has 0 radical (unpaired) electrons. The number of fused-ring (bicyclic) bond motifs is 1. The Kier molecular flexibility index (Phi) is 10.8. The molecule has 3 aliphatic rings. The zero-order chi connectivity index (χ0) is 28.7. The first kappa shape index (κ1) is 31.2. The van der Waals surface area contributed by atoms with Gasteiger partial charge in [0, 0.05) is 39.8 Å². The number of likely N-dealkylation sites (tertiary alicyclic amines) is 2. The van der Waals surface area contributed by atoms with Crippen molar-refractivity contribution < 1.29 is 55.7 Å². The molecule has 1 aromatic rings. The van der Waals surface area contributed by atoms with Crippen LogP contribution in [0.2, 0.25) is 0 Å². The Morgan fingerprint density at radius 2 is 1.53 bits per heavy atom. The van der Waals surface area contributed by atoms with Gasteiger partial charge < -0.3 is 24.7 Å². The SMILES string of the molecule is Cn1cnc(C(=O)N2C[C@@H]3OCCN(CCN4CCCC4)[C@@H]3C2)n1.O=C(O)C(F)(F)F.O=C(O)C(F)(F)F. The average molecular weight is 562 g/mol. The number of rotatable bonds is 4. The van der Waals surface area contributed by atoms with Gasteiger partial charge in [0.25, 0.3) is 5.91 Å². The summed E-state index contributed by atoms with van der Waals surface area (Å²) in [5.74, 6) is -5.33. The van der Waals surface area contributed by atoms with Crippen LogP contribution in [0.3, 0.4) is 0 Å². The van der Waals surface area contributed by atoms with Crippen molar-refractivity contribution >= 4 is 17.8 Å². The Morgan fingerprint density at radius 3 is 2.00 bits per heavy atom. The number of morpholine rings is 1. The van der Waals surface area contributed by atoms with E-state index in [-0.39, 0.29) is 17.8 Å². The molecule has 4 rings (SSSR count). The maximum absolute atomic E-state index is 12.6. The second-order valence-corrected chi connectivity index (χ2v) is 8.62. The number of carboxylic acids is 2. The van der Waals surface area contributed by atoms with Crippen LogP contribution in [0.5, 0.6) is 0 Å². The van der Waals surface area contributed by atoms with Crippen LogP contribution in [-0.2, 0) is 21.4 Å². The largest absolute Gasteiger partial charge is 0.490 e. The number of carbonyl (C=O) groups is 3. The summed E-state index contributed by atoms with van der Waals surface area (Å²) in [5.41, 5.74) is 0. The first-order valence-corrected chi connectivity index (χ1v) is 11.4. The molecule has 1 aromatic heterocycles. The Labute approximate surface area is 212 Å². The van der Waals surface area contributed by atoms with Crippen LogP contribution < -0.4 is 0 Å². The van der Waals surface area contributed by atoms with Gasteiger partial charge in [-0.25, -0.2) is 14.6 Å². The summed E-state index contributed by atoms with van der Waals surface area (Å²) in [5, 5.41) is 18.4. The van der Waals surface area contributed by atoms with E-state index in [9.17, 15) is 31.1 Å². The molecule has 4 heterocycles. The lowest BCUT2D eigenvalue weighted by atomic mass is 10.1. The lowest BCUT2D eigenvalue weighted by Crippen LogP contribution is -2.52.